The fourth-order valence-electron chi connectivity index (χ4n) is 4.40. The van der Waals surface area contributed by atoms with Gasteiger partial charge in [0.2, 0.25) is 0 Å². The van der Waals surface area contributed by atoms with E-state index < -0.39 is 0 Å². The van der Waals surface area contributed by atoms with Crippen LogP contribution in [0.2, 0.25) is 0 Å². The molecular weight excluding hydrogens is 499 g/mol. The molecule has 168 valence electrons. The largest absolute Gasteiger partial charge is 0.379 e. The maximum absolute atomic E-state index is 5.48. The van der Waals surface area contributed by atoms with Crippen molar-refractivity contribution in [2.24, 2.45) is 4.99 Å². The fourth-order valence-corrected chi connectivity index (χ4v) is 4.40. The number of hydrogen-bond donors (Lipinski definition) is 2. The number of hydrogen-bond acceptors (Lipinski definition) is 3. The molecule has 31 heavy (non-hydrogen) atoms. The van der Waals surface area contributed by atoms with Crippen molar-refractivity contribution in [1.82, 2.24) is 15.5 Å². The quantitative estimate of drug-likeness (QED) is 0.322. The molecule has 2 fully saturated rings. The zero-order valence-electron chi connectivity index (χ0n) is 18.7. The Bertz CT molecular complexity index is 875. The van der Waals surface area contributed by atoms with Gasteiger partial charge in [0, 0.05) is 45.2 Å². The van der Waals surface area contributed by atoms with Gasteiger partial charge in [-0.3, -0.25) is 9.89 Å². The van der Waals surface area contributed by atoms with Crippen molar-refractivity contribution in [2.45, 2.75) is 38.3 Å². The third-order valence-corrected chi connectivity index (χ3v) is 6.45. The van der Waals surface area contributed by atoms with Gasteiger partial charge in [-0.1, -0.05) is 48.5 Å². The zero-order chi connectivity index (χ0) is 20.8. The monoisotopic (exact) mass is 534 g/mol. The highest BCUT2D eigenvalue weighted by molar-refractivity contribution is 14.0. The first kappa shape index (κ1) is 24.0. The molecule has 1 aliphatic carbocycles. The van der Waals surface area contributed by atoms with Crippen LogP contribution >= 0.6 is 24.0 Å². The Morgan fingerprint density at radius 1 is 1.00 bits per heavy atom. The van der Waals surface area contributed by atoms with E-state index in [1.807, 2.05) is 7.05 Å². The SMILES string of the molecule is CN=C(NCc1ccccc1CN1CCOCC1)NCC1(c2ccccc2C)CC1.I. The van der Waals surface area contributed by atoms with Crippen molar-refractivity contribution < 1.29 is 4.74 Å². The van der Waals surface area contributed by atoms with E-state index in [-0.39, 0.29) is 29.4 Å². The summed E-state index contributed by atoms with van der Waals surface area (Å²) in [4.78, 5) is 6.93. The lowest BCUT2D eigenvalue weighted by molar-refractivity contribution is 0.0341. The average Bonchev–Trinajstić information content (AvgIpc) is 3.57. The second kappa shape index (κ2) is 11.3. The summed E-state index contributed by atoms with van der Waals surface area (Å²) < 4.78 is 5.48. The lowest BCUT2D eigenvalue weighted by Crippen LogP contribution is -2.41. The summed E-state index contributed by atoms with van der Waals surface area (Å²) in [5, 5.41) is 7.11. The normalized spacial score (nSPS) is 18.2. The van der Waals surface area contributed by atoms with E-state index in [1.165, 1.54) is 35.1 Å². The Morgan fingerprint density at radius 2 is 1.68 bits per heavy atom. The molecule has 2 aliphatic rings. The number of guanidine groups is 1. The highest BCUT2D eigenvalue weighted by Crippen LogP contribution is 2.48. The Labute approximate surface area is 203 Å². The molecule has 2 aromatic rings. The molecule has 0 spiro atoms. The summed E-state index contributed by atoms with van der Waals surface area (Å²) in [6.45, 7) is 8.57. The molecule has 0 atom stereocenters. The van der Waals surface area contributed by atoms with Crippen molar-refractivity contribution >= 4 is 29.9 Å². The number of rotatable bonds is 7. The van der Waals surface area contributed by atoms with Gasteiger partial charge in [0.1, 0.15) is 0 Å². The number of halogens is 1. The highest BCUT2D eigenvalue weighted by Gasteiger charge is 2.44. The second-order valence-electron chi connectivity index (χ2n) is 8.53. The maximum atomic E-state index is 5.48. The Balaban J connectivity index is 0.00000272. The first-order valence-electron chi connectivity index (χ1n) is 11.1. The lowest BCUT2D eigenvalue weighted by Gasteiger charge is -2.27. The third kappa shape index (κ3) is 6.20. The van der Waals surface area contributed by atoms with E-state index in [2.05, 4.69) is 76.0 Å². The maximum Gasteiger partial charge on any atom is 0.191 e. The number of morpholine rings is 1. The third-order valence-electron chi connectivity index (χ3n) is 6.45. The van der Waals surface area contributed by atoms with Gasteiger partial charge in [-0.05, 0) is 42.0 Å². The minimum atomic E-state index is 0. The number of nitrogens with one attached hydrogen (secondary N) is 2. The van der Waals surface area contributed by atoms with Crippen molar-refractivity contribution in [3.63, 3.8) is 0 Å². The number of benzene rings is 2. The molecule has 2 aromatic carbocycles. The first-order valence-corrected chi connectivity index (χ1v) is 11.1. The molecule has 6 heteroatoms. The molecular formula is C25H35IN4O. The summed E-state index contributed by atoms with van der Waals surface area (Å²) in [5.74, 6) is 0.871. The molecule has 4 rings (SSSR count). The van der Waals surface area contributed by atoms with Crippen LogP contribution in [0.1, 0.15) is 35.1 Å². The highest BCUT2D eigenvalue weighted by atomic mass is 127. The van der Waals surface area contributed by atoms with E-state index in [4.69, 9.17) is 4.74 Å². The van der Waals surface area contributed by atoms with Crippen LogP contribution in [-0.2, 0) is 23.2 Å². The van der Waals surface area contributed by atoms with E-state index >= 15 is 0 Å². The molecule has 0 radical (unpaired) electrons. The summed E-state index contributed by atoms with van der Waals surface area (Å²) in [7, 11) is 1.85. The van der Waals surface area contributed by atoms with Gasteiger partial charge in [-0.15, -0.1) is 24.0 Å². The molecule has 0 aromatic heterocycles. The van der Waals surface area contributed by atoms with E-state index in [9.17, 15) is 0 Å². The molecule has 5 nitrogen and oxygen atoms in total. The van der Waals surface area contributed by atoms with E-state index in [0.29, 0.717) is 0 Å². The van der Waals surface area contributed by atoms with Crippen LogP contribution < -0.4 is 10.6 Å². The molecule has 1 saturated heterocycles. The fraction of sp³-hybridized carbons (Fsp3) is 0.480. The lowest BCUT2D eigenvalue weighted by atomic mass is 9.92. The molecule has 2 N–H and O–H groups in total. The number of ether oxygens (including phenoxy) is 1. The molecule has 1 saturated carbocycles. The molecule has 1 heterocycles. The van der Waals surface area contributed by atoms with Crippen LogP contribution in [0.5, 0.6) is 0 Å². The van der Waals surface area contributed by atoms with Gasteiger partial charge in [0.25, 0.3) is 0 Å². The minimum Gasteiger partial charge on any atom is -0.379 e. The van der Waals surface area contributed by atoms with Gasteiger partial charge >= 0.3 is 0 Å². The van der Waals surface area contributed by atoms with E-state index in [1.54, 1.807) is 0 Å². The predicted octanol–water partition coefficient (Wildman–Crippen LogP) is 3.84. The molecule has 0 bridgehead atoms. The van der Waals surface area contributed by atoms with Crippen LogP contribution in [0.3, 0.4) is 0 Å². The number of nitrogens with zero attached hydrogens (tertiary/aromatic N) is 2. The van der Waals surface area contributed by atoms with Crippen molar-refractivity contribution in [1.29, 1.82) is 0 Å². The second-order valence-corrected chi connectivity index (χ2v) is 8.53. The van der Waals surface area contributed by atoms with Crippen molar-refractivity contribution in [2.75, 3.05) is 39.9 Å². The van der Waals surface area contributed by atoms with Gasteiger partial charge in [0.15, 0.2) is 5.96 Å². The van der Waals surface area contributed by atoms with Crippen LogP contribution in [0.15, 0.2) is 53.5 Å². The average molecular weight is 534 g/mol. The molecule has 0 amide bonds. The van der Waals surface area contributed by atoms with Crippen LogP contribution in [0, 0.1) is 6.92 Å². The first-order chi connectivity index (χ1) is 14.7. The van der Waals surface area contributed by atoms with Crippen LogP contribution in [-0.4, -0.2) is 50.8 Å². The smallest absolute Gasteiger partial charge is 0.191 e. The Kier molecular flexibility index (Phi) is 8.75. The topological polar surface area (TPSA) is 48.9 Å². The Morgan fingerprint density at radius 3 is 2.35 bits per heavy atom. The van der Waals surface area contributed by atoms with Crippen molar-refractivity contribution in [3.8, 4) is 0 Å². The zero-order valence-corrected chi connectivity index (χ0v) is 21.0. The van der Waals surface area contributed by atoms with Crippen LogP contribution in [0.25, 0.3) is 0 Å². The molecule has 1 aliphatic heterocycles. The summed E-state index contributed by atoms with van der Waals surface area (Å²) >= 11 is 0. The summed E-state index contributed by atoms with van der Waals surface area (Å²) in [6, 6.07) is 17.5. The Hall–Kier alpha value is -1.64. The minimum absolute atomic E-state index is 0. The predicted molar refractivity (Wildman–Crippen MR) is 138 cm³/mol. The van der Waals surface area contributed by atoms with Gasteiger partial charge in [-0.25, -0.2) is 0 Å². The van der Waals surface area contributed by atoms with E-state index in [0.717, 1.165) is 51.9 Å². The van der Waals surface area contributed by atoms with Gasteiger partial charge < -0.3 is 15.4 Å². The number of aliphatic imine (C=N–C) groups is 1. The van der Waals surface area contributed by atoms with Gasteiger partial charge in [0.05, 0.1) is 13.2 Å². The number of aryl methyl sites for hydroxylation is 1. The summed E-state index contributed by atoms with van der Waals surface area (Å²) in [6.07, 6.45) is 2.48. The summed E-state index contributed by atoms with van der Waals surface area (Å²) in [5.41, 5.74) is 5.82. The van der Waals surface area contributed by atoms with Crippen molar-refractivity contribution in [3.05, 3.63) is 70.8 Å². The standard InChI is InChI=1S/C25H34N4O.HI/c1-20-7-3-6-10-23(20)25(11-12-25)19-28-24(26-2)27-17-21-8-4-5-9-22(21)18-29-13-15-30-16-14-29;/h3-10H,11-19H2,1-2H3,(H2,26,27,28);1H. The molecule has 0 unspecified atom stereocenters. The van der Waals surface area contributed by atoms with Gasteiger partial charge in [-0.2, -0.15) is 0 Å². The van der Waals surface area contributed by atoms with Crippen LogP contribution in [0.4, 0.5) is 0 Å².